The highest BCUT2D eigenvalue weighted by molar-refractivity contribution is 5.97. The first-order valence-corrected chi connectivity index (χ1v) is 6.53. The highest BCUT2D eigenvalue weighted by atomic mass is 16.4. The number of carboxylic acids is 1. The van der Waals surface area contributed by atoms with Crippen molar-refractivity contribution in [2.75, 3.05) is 0 Å². The van der Waals surface area contributed by atoms with Crippen LogP contribution in [0.15, 0.2) is 18.3 Å². The average molecular weight is 262 g/mol. The maximum absolute atomic E-state index is 12.2. The molecular weight excluding hydrogens is 244 g/mol. The second-order valence-electron chi connectivity index (χ2n) is 5.07. The Morgan fingerprint density at radius 2 is 2.00 bits per heavy atom. The highest BCUT2D eigenvalue weighted by Crippen LogP contribution is 2.28. The van der Waals surface area contributed by atoms with Gasteiger partial charge in [-0.25, -0.2) is 4.79 Å². The lowest BCUT2D eigenvalue weighted by Crippen LogP contribution is -2.55. The molecular formula is C14H18N2O3. The van der Waals surface area contributed by atoms with Crippen molar-refractivity contribution < 1.29 is 14.7 Å². The summed E-state index contributed by atoms with van der Waals surface area (Å²) in [6, 6.07) is 3.54. The summed E-state index contributed by atoms with van der Waals surface area (Å²) in [6.07, 6.45) is 5.19. The maximum Gasteiger partial charge on any atom is 0.329 e. The van der Waals surface area contributed by atoms with E-state index in [-0.39, 0.29) is 0 Å². The van der Waals surface area contributed by atoms with Gasteiger partial charge in [-0.2, -0.15) is 0 Å². The van der Waals surface area contributed by atoms with Gasteiger partial charge in [0, 0.05) is 6.20 Å². The number of nitrogens with one attached hydrogen (secondary N) is 1. The van der Waals surface area contributed by atoms with Crippen LogP contribution in [0.25, 0.3) is 0 Å². The van der Waals surface area contributed by atoms with Gasteiger partial charge in [0.15, 0.2) is 0 Å². The van der Waals surface area contributed by atoms with Crippen molar-refractivity contribution in [1.82, 2.24) is 10.3 Å². The Bertz CT molecular complexity index is 493. The third-order valence-corrected chi connectivity index (χ3v) is 3.69. The Balaban J connectivity index is 2.20. The van der Waals surface area contributed by atoms with E-state index >= 15 is 0 Å². The normalized spacial score (nSPS) is 17.7. The fourth-order valence-corrected chi connectivity index (χ4v) is 2.55. The third-order valence-electron chi connectivity index (χ3n) is 3.69. The zero-order valence-corrected chi connectivity index (χ0v) is 11.0. The molecule has 0 bridgehead atoms. The van der Waals surface area contributed by atoms with Crippen molar-refractivity contribution in [3.63, 3.8) is 0 Å². The van der Waals surface area contributed by atoms with E-state index in [1.54, 1.807) is 19.1 Å². The van der Waals surface area contributed by atoms with Gasteiger partial charge in [-0.1, -0.05) is 25.3 Å². The van der Waals surface area contributed by atoms with E-state index in [1.165, 1.54) is 6.20 Å². The largest absolute Gasteiger partial charge is 0.480 e. The SMILES string of the molecule is Cc1cccnc1C(=O)NC1(C(=O)O)CCCCC1. The fourth-order valence-electron chi connectivity index (χ4n) is 2.55. The molecule has 0 unspecified atom stereocenters. The number of rotatable bonds is 3. The molecule has 0 spiro atoms. The molecule has 1 fully saturated rings. The van der Waals surface area contributed by atoms with Crippen LogP contribution in [0.5, 0.6) is 0 Å². The maximum atomic E-state index is 12.2. The number of amides is 1. The number of nitrogens with zero attached hydrogens (tertiary/aromatic N) is 1. The van der Waals surface area contributed by atoms with Gasteiger partial charge in [-0.3, -0.25) is 9.78 Å². The number of pyridine rings is 1. The molecule has 102 valence electrons. The standard InChI is InChI=1S/C14H18N2O3/c1-10-6-5-9-15-11(10)12(17)16-14(13(18)19)7-3-2-4-8-14/h5-6,9H,2-4,7-8H2,1H3,(H,16,17)(H,18,19). The first-order chi connectivity index (χ1) is 9.05. The van der Waals surface area contributed by atoms with Crippen LogP contribution < -0.4 is 5.32 Å². The highest BCUT2D eigenvalue weighted by Gasteiger charge is 2.41. The summed E-state index contributed by atoms with van der Waals surface area (Å²) in [7, 11) is 0. The van der Waals surface area contributed by atoms with Gasteiger partial charge in [-0.05, 0) is 31.4 Å². The number of aryl methyl sites for hydroxylation is 1. The minimum absolute atomic E-state index is 0.300. The van der Waals surface area contributed by atoms with Crippen LogP contribution in [-0.4, -0.2) is 27.5 Å². The molecule has 0 saturated heterocycles. The number of aromatic nitrogens is 1. The summed E-state index contributed by atoms with van der Waals surface area (Å²) in [5.41, 5.74) is -0.0794. The average Bonchev–Trinajstić information content (AvgIpc) is 2.40. The molecule has 1 heterocycles. The number of carbonyl (C=O) groups excluding carboxylic acids is 1. The van der Waals surface area contributed by atoms with E-state index in [9.17, 15) is 14.7 Å². The topological polar surface area (TPSA) is 79.3 Å². The molecule has 19 heavy (non-hydrogen) atoms. The molecule has 1 aliphatic rings. The summed E-state index contributed by atoms with van der Waals surface area (Å²) >= 11 is 0. The van der Waals surface area contributed by atoms with Crippen molar-refractivity contribution in [3.8, 4) is 0 Å². The molecule has 2 rings (SSSR count). The zero-order valence-electron chi connectivity index (χ0n) is 11.0. The van der Waals surface area contributed by atoms with Gasteiger partial charge in [0.05, 0.1) is 0 Å². The molecule has 1 aromatic heterocycles. The van der Waals surface area contributed by atoms with Gasteiger partial charge < -0.3 is 10.4 Å². The lowest BCUT2D eigenvalue weighted by atomic mass is 9.81. The lowest BCUT2D eigenvalue weighted by molar-refractivity contribution is -0.145. The van der Waals surface area contributed by atoms with Gasteiger partial charge in [-0.15, -0.1) is 0 Å². The molecule has 5 nitrogen and oxygen atoms in total. The van der Waals surface area contributed by atoms with Crippen LogP contribution in [-0.2, 0) is 4.79 Å². The Kier molecular flexibility index (Phi) is 3.83. The van der Waals surface area contributed by atoms with E-state index < -0.39 is 17.4 Å². The lowest BCUT2D eigenvalue weighted by Gasteiger charge is -2.33. The quantitative estimate of drug-likeness (QED) is 0.872. The van der Waals surface area contributed by atoms with Crippen LogP contribution in [0.1, 0.15) is 48.2 Å². The molecule has 0 atom stereocenters. The smallest absolute Gasteiger partial charge is 0.329 e. The van der Waals surface area contributed by atoms with Crippen LogP contribution in [0.2, 0.25) is 0 Å². The number of hydrogen-bond donors (Lipinski definition) is 2. The van der Waals surface area contributed by atoms with Crippen molar-refractivity contribution in [2.45, 2.75) is 44.6 Å². The summed E-state index contributed by atoms with van der Waals surface area (Å²) in [4.78, 5) is 27.7. The molecule has 1 amide bonds. The van der Waals surface area contributed by atoms with Crippen molar-refractivity contribution in [3.05, 3.63) is 29.6 Å². The number of aliphatic carboxylic acids is 1. The van der Waals surface area contributed by atoms with Crippen molar-refractivity contribution in [1.29, 1.82) is 0 Å². The first kappa shape index (κ1) is 13.5. The Morgan fingerprint density at radius 3 is 2.58 bits per heavy atom. The van der Waals surface area contributed by atoms with E-state index in [0.717, 1.165) is 24.8 Å². The molecule has 0 aromatic carbocycles. The molecule has 5 heteroatoms. The summed E-state index contributed by atoms with van der Waals surface area (Å²) < 4.78 is 0. The molecule has 1 saturated carbocycles. The first-order valence-electron chi connectivity index (χ1n) is 6.53. The molecule has 1 aromatic rings. The Morgan fingerprint density at radius 1 is 1.32 bits per heavy atom. The second kappa shape index (κ2) is 5.38. The van der Waals surface area contributed by atoms with E-state index in [0.29, 0.717) is 18.5 Å². The summed E-state index contributed by atoms with van der Waals surface area (Å²) in [6.45, 7) is 1.79. The molecule has 1 aliphatic carbocycles. The second-order valence-corrected chi connectivity index (χ2v) is 5.07. The van der Waals surface area contributed by atoms with E-state index in [2.05, 4.69) is 10.3 Å². The Hall–Kier alpha value is -1.91. The van der Waals surface area contributed by atoms with Gasteiger partial charge in [0.1, 0.15) is 11.2 Å². The number of carbonyl (C=O) groups is 2. The van der Waals surface area contributed by atoms with Crippen LogP contribution in [0.3, 0.4) is 0 Å². The minimum atomic E-state index is -1.13. The van der Waals surface area contributed by atoms with Crippen molar-refractivity contribution >= 4 is 11.9 Å². The summed E-state index contributed by atoms with van der Waals surface area (Å²) in [5.74, 6) is -1.35. The fraction of sp³-hybridized carbons (Fsp3) is 0.500. The van der Waals surface area contributed by atoms with Crippen molar-refractivity contribution in [2.24, 2.45) is 0 Å². The third kappa shape index (κ3) is 2.75. The minimum Gasteiger partial charge on any atom is -0.480 e. The van der Waals surface area contributed by atoms with E-state index in [1.807, 2.05) is 0 Å². The molecule has 0 aliphatic heterocycles. The number of hydrogen-bond acceptors (Lipinski definition) is 3. The predicted molar refractivity (Wildman–Crippen MR) is 69.9 cm³/mol. The van der Waals surface area contributed by atoms with Crippen LogP contribution in [0, 0.1) is 6.92 Å². The number of carboxylic acid groups (broad SMARTS) is 1. The van der Waals surface area contributed by atoms with Crippen LogP contribution in [0.4, 0.5) is 0 Å². The Labute approximate surface area is 112 Å². The monoisotopic (exact) mass is 262 g/mol. The molecule has 2 N–H and O–H groups in total. The summed E-state index contributed by atoms with van der Waals surface area (Å²) in [5, 5.41) is 12.1. The van der Waals surface area contributed by atoms with Crippen LogP contribution >= 0.6 is 0 Å². The zero-order chi connectivity index (χ0) is 13.9. The molecule has 0 radical (unpaired) electrons. The van der Waals surface area contributed by atoms with Gasteiger partial charge in [0.2, 0.25) is 0 Å². The van der Waals surface area contributed by atoms with Gasteiger partial charge >= 0.3 is 5.97 Å². The predicted octanol–water partition coefficient (Wildman–Crippen LogP) is 1.91. The van der Waals surface area contributed by atoms with Gasteiger partial charge in [0.25, 0.3) is 5.91 Å². The van der Waals surface area contributed by atoms with E-state index in [4.69, 9.17) is 0 Å².